The first-order chi connectivity index (χ1) is 27.7. The van der Waals surface area contributed by atoms with Gasteiger partial charge < -0.3 is 39.4 Å². The Kier molecular flexibility index (Phi) is 18.6. The average Bonchev–Trinajstić information content (AvgIpc) is 3.96. The van der Waals surface area contributed by atoms with E-state index < -0.39 is 36.0 Å². The molecule has 4 N–H and O–H groups in total. The molecular weight excluding hydrogens is 812 g/mol. The van der Waals surface area contributed by atoms with Crippen LogP contribution in [0, 0.1) is 5.92 Å². The first kappa shape index (κ1) is 46.8. The summed E-state index contributed by atoms with van der Waals surface area (Å²) in [5, 5.41) is 21.6. The molecule has 9 atom stereocenters. The molecule has 1 aromatic carbocycles. The zero-order valence-electron chi connectivity index (χ0n) is 34.5. The number of amides is 3. The van der Waals surface area contributed by atoms with E-state index in [2.05, 4.69) is 50.1 Å². The molecule has 4 rings (SSSR count). The van der Waals surface area contributed by atoms with Crippen molar-refractivity contribution < 1.29 is 48.0 Å². The van der Waals surface area contributed by atoms with Crippen molar-refractivity contribution in [2.45, 2.75) is 135 Å². The second-order valence-corrected chi connectivity index (χ2v) is 16.1. The molecule has 1 aromatic rings. The first-order valence-corrected chi connectivity index (χ1v) is 21.3. The zero-order chi connectivity index (χ0) is 42.2. The Morgan fingerprint density at radius 1 is 1.05 bits per heavy atom. The van der Waals surface area contributed by atoms with Gasteiger partial charge in [-0.15, -0.1) is 0 Å². The molecule has 0 bridgehead atoms. The molecule has 0 aliphatic carbocycles. The van der Waals surface area contributed by atoms with Crippen molar-refractivity contribution in [3.05, 3.63) is 65.8 Å². The molecule has 0 radical (unpaired) electrons. The molecule has 3 aliphatic heterocycles. The van der Waals surface area contributed by atoms with Crippen LogP contribution in [0.3, 0.4) is 0 Å². The number of alkyl halides is 1. The monoisotopic (exact) mass is 872 g/mol. The Labute approximate surface area is 350 Å². The van der Waals surface area contributed by atoms with Gasteiger partial charge in [0.2, 0.25) is 17.7 Å². The van der Waals surface area contributed by atoms with Gasteiger partial charge in [0.25, 0.3) is 0 Å². The highest BCUT2D eigenvalue weighted by Gasteiger charge is 2.58. The number of esters is 1. The van der Waals surface area contributed by atoms with E-state index in [-0.39, 0.29) is 48.3 Å². The second-order valence-electron chi connectivity index (χ2n) is 15.5. The van der Waals surface area contributed by atoms with E-state index in [0.717, 1.165) is 42.6 Å². The number of nitrogens with one attached hydrogen (secondary N) is 3. The van der Waals surface area contributed by atoms with E-state index in [1.165, 1.54) is 13.0 Å². The van der Waals surface area contributed by atoms with E-state index in [9.17, 15) is 24.3 Å². The minimum atomic E-state index is -0.865. The quantitative estimate of drug-likeness (QED) is 0.0204. The van der Waals surface area contributed by atoms with Gasteiger partial charge in [0.15, 0.2) is 0 Å². The van der Waals surface area contributed by atoms with Crippen LogP contribution in [0.2, 0.25) is 0 Å². The van der Waals surface area contributed by atoms with Gasteiger partial charge in [0.1, 0.15) is 29.7 Å². The van der Waals surface area contributed by atoms with Crippen LogP contribution in [0.4, 0.5) is 0 Å². The third kappa shape index (κ3) is 15.4. The van der Waals surface area contributed by atoms with Crippen molar-refractivity contribution in [3.63, 3.8) is 0 Å². The fourth-order valence-electron chi connectivity index (χ4n) is 7.01. The minimum absolute atomic E-state index is 0.0107. The smallest absolute Gasteiger partial charge is 0.303 e. The van der Waals surface area contributed by atoms with Crippen LogP contribution in [-0.4, -0.2) is 108 Å². The largest absolute Gasteiger partial charge is 0.494 e. The second kappa shape index (κ2) is 23.0. The SMILES string of the molecule is CC(=O)OC(C)C=CC(=O)N[C@@H]1C[C@H](C)[C@H](CC=C(C)C=C[C@H]2O[C@H](CC(=O)NN=C(C)c3ccc(OCCCCCNC(=O)CBr)cc3)C[C@@]3(CO3)[C@@H]2O)O[C@@H]1C. The van der Waals surface area contributed by atoms with Crippen molar-refractivity contribution in [2.24, 2.45) is 11.0 Å². The summed E-state index contributed by atoms with van der Waals surface area (Å²) >= 11 is 3.13. The number of hydrazone groups is 1. The maximum Gasteiger partial charge on any atom is 0.303 e. The summed E-state index contributed by atoms with van der Waals surface area (Å²) < 4.78 is 29.1. The zero-order valence-corrected chi connectivity index (χ0v) is 36.1. The van der Waals surface area contributed by atoms with Gasteiger partial charge in [-0.2, -0.15) is 5.10 Å². The molecule has 14 nitrogen and oxygen atoms in total. The van der Waals surface area contributed by atoms with Crippen LogP contribution in [-0.2, 0) is 38.1 Å². The number of carbonyl (C=O) groups excluding carboxylic acids is 4. The number of ether oxygens (including phenoxy) is 5. The predicted molar refractivity (Wildman–Crippen MR) is 223 cm³/mol. The Morgan fingerprint density at radius 2 is 1.79 bits per heavy atom. The molecule has 3 heterocycles. The number of unbranched alkanes of at least 4 members (excludes halogenated alkanes) is 2. The first-order valence-electron chi connectivity index (χ1n) is 20.2. The van der Waals surface area contributed by atoms with Gasteiger partial charge in [0.05, 0.1) is 55.0 Å². The lowest BCUT2D eigenvalue weighted by molar-refractivity contribution is -0.145. The summed E-state index contributed by atoms with van der Waals surface area (Å²) in [7, 11) is 0. The highest BCUT2D eigenvalue weighted by Crippen LogP contribution is 2.43. The van der Waals surface area contributed by atoms with E-state index in [1.807, 2.05) is 57.2 Å². The number of halogens is 1. The number of hydrogen-bond donors (Lipinski definition) is 4. The third-order valence-corrected chi connectivity index (χ3v) is 11.0. The van der Waals surface area contributed by atoms with E-state index in [4.69, 9.17) is 23.7 Å². The average molecular weight is 874 g/mol. The van der Waals surface area contributed by atoms with Gasteiger partial charge in [-0.1, -0.05) is 46.7 Å². The van der Waals surface area contributed by atoms with Crippen LogP contribution < -0.4 is 20.8 Å². The lowest BCUT2D eigenvalue weighted by Crippen LogP contribution is -2.50. The number of aliphatic hydroxyl groups is 1. The normalized spacial score (nSPS) is 28.0. The summed E-state index contributed by atoms with van der Waals surface area (Å²) in [5.74, 6) is -0.0456. The molecule has 320 valence electrons. The fraction of sp³-hybridized carbons (Fsp3) is 0.605. The molecule has 3 fully saturated rings. The maximum absolute atomic E-state index is 13.0. The van der Waals surface area contributed by atoms with E-state index in [0.29, 0.717) is 43.6 Å². The predicted octanol–water partition coefficient (Wildman–Crippen LogP) is 4.96. The number of hydrogen-bond acceptors (Lipinski definition) is 11. The summed E-state index contributed by atoms with van der Waals surface area (Å²) in [6.07, 6.45) is 10.7. The molecule has 0 saturated carbocycles. The fourth-order valence-corrected chi connectivity index (χ4v) is 7.21. The molecule has 1 spiro atoms. The molecule has 58 heavy (non-hydrogen) atoms. The number of rotatable bonds is 20. The Hall–Kier alpha value is -3.89. The number of allylic oxidation sites excluding steroid dienone is 2. The standard InChI is InChI=1S/C43H61BrN4O10/c1-27(10-17-37-28(2)22-36(31(5)57-37)46-39(50)19-12-29(3)56-32(6)49)11-18-38-42(53)43(26-55-43)24-35(58-38)23-40(51)48-47-30(4)33-13-15-34(16-14-33)54-21-9-7-8-20-45-41(52)25-44/h10-16,18-19,28-29,31,35-38,42,53H,7-9,17,20-26H2,1-6H3,(H,45,52)(H,46,50)(H,48,51)/t28-,29?,31+,35+,36+,37-,38+,42+,43+/m0/s1. The van der Waals surface area contributed by atoms with Crippen molar-refractivity contribution in [1.82, 2.24) is 16.1 Å². The highest BCUT2D eigenvalue weighted by molar-refractivity contribution is 9.09. The summed E-state index contributed by atoms with van der Waals surface area (Å²) in [5.41, 5.74) is 4.37. The topological polar surface area (TPSA) is 186 Å². The number of epoxide rings is 1. The van der Waals surface area contributed by atoms with Crippen LogP contribution in [0.5, 0.6) is 5.75 Å². The highest BCUT2D eigenvalue weighted by atomic mass is 79.9. The Morgan fingerprint density at radius 3 is 2.48 bits per heavy atom. The molecule has 1 unspecified atom stereocenters. The van der Waals surface area contributed by atoms with Crippen molar-refractivity contribution in [1.29, 1.82) is 0 Å². The van der Waals surface area contributed by atoms with Gasteiger partial charge in [-0.25, -0.2) is 5.43 Å². The van der Waals surface area contributed by atoms with Gasteiger partial charge in [-0.3, -0.25) is 19.2 Å². The number of carbonyl (C=O) groups is 4. The third-order valence-electron chi connectivity index (χ3n) is 10.5. The van der Waals surface area contributed by atoms with Crippen LogP contribution >= 0.6 is 15.9 Å². The van der Waals surface area contributed by atoms with Crippen LogP contribution in [0.15, 0.2) is 65.3 Å². The van der Waals surface area contributed by atoms with E-state index >= 15 is 0 Å². The Bertz CT molecular complexity index is 1660. The van der Waals surface area contributed by atoms with Crippen molar-refractivity contribution >= 4 is 45.3 Å². The molecule has 0 aromatic heterocycles. The van der Waals surface area contributed by atoms with Gasteiger partial charge in [0, 0.05) is 26.0 Å². The number of aliphatic hydroxyl groups excluding tert-OH is 1. The van der Waals surface area contributed by atoms with Crippen LogP contribution in [0.25, 0.3) is 0 Å². The van der Waals surface area contributed by atoms with Crippen molar-refractivity contribution in [2.75, 3.05) is 25.1 Å². The van der Waals surface area contributed by atoms with Gasteiger partial charge in [-0.05, 0) is 102 Å². The molecular formula is C43H61BrN4O10. The lowest BCUT2D eigenvalue weighted by Gasteiger charge is -2.39. The maximum atomic E-state index is 13.0. The summed E-state index contributed by atoms with van der Waals surface area (Å²) in [6, 6.07) is 7.37. The van der Waals surface area contributed by atoms with Crippen molar-refractivity contribution in [3.8, 4) is 5.75 Å². The van der Waals surface area contributed by atoms with Gasteiger partial charge >= 0.3 is 5.97 Å². The van der Waals surface area contributed by atoms with Crippen LogP contribution in [0.1, 0.15) is 92.1 Å². The molecule has 15 heteroatoms. The number of benzene rings is 1. The minimum Gasteiger partial charge on any atom is -0.494 e. The summed E-state index contributed by atoms with van der Waals surface area (Å²) in [6.45, 7) is 12.5. The molecule has 3 amide bonds. The number of nitrogens with zero attached hydrogens (tertiary/aromatic N) is 1. The lowest BCUT2D eigenvalue weighted by atomic mass is 9.87. The molecule has 3 saturated heterocycles. The molecule has 3 aliphatic rings. The Balaban J connectivity index is 1.20. The summed E-state index contributed by atoms with van der Waals surface area (Å²) in [4.78, 5) is 47.8. The van der Waals surface area contributed by atoms with E-state index in [1.54, 1.807) is 13.0 Å².